The summed E-state index contributed by atoms with van der Waals surface area (Å²) in [5.41, 5.74) is 1.00. The highest BCUT2D eigenvalue weighted by atomic mass is 32.2. The van der Waals surface area contributed by atoms with E-state index in [9.17, 15) is 13.2 Å². The van der Waals surface area contributed by atoms with E-state index in [1.807, 2.05) is 66.0 Å². The Morgan fingerprint density at radius 1 is 0.905 bits per heavy atom. The number of thiophene rings is 1. The summed E-state index contributed by atoms with van der Waals surface area (Å²) >= 11 is 1.59. The van der Waals surface area contributed by atoms with Gasteiger partial charge in [-0.05, 0) is 59.9 Å². The lowest BCUT2D eigenvalue weighted by atomic mass is 9.95. The topological polar surface area (TPSA) is 76.2 Å². The van der Waals surface area contributed by atoms with Crippen LogP contribution in [0, 0.1) is 0 Å². The van der Waals surface area contributed by atoms with Gasteiger partial charge in [0.05, 0.1) is 32.2 Å². The van der Waals surface area contributed by atoms with Gasteiger partial charge in [-0.3, -0.25) is 4.79 Å². The molecule has 42 heavy (non-hydrogen) atoms. The Bertz CT molecular complexity index is 1590. The van der Waals surface area contributed by atoms with Crippen molar-refractivity contribution in [2.75, 3.05) is 27.3 Å². The van der Waals surface area contributed by atoms with Gasteiger partial charge >= 0.3 is 0 Å². The molecule has 0 N–H and O–H groups in total. The van der Waals surface area contributed by atoms with Crippen molar-refractivity contribution in [2.45, 2.75) is 56.0 Å². The van der Waals surface area contributed by atoms with E-state index >= 15 is 0 Å². The number of carbonyl (C=O) groups excluding carboxylic acids is 1. The standard InChI is InChI=1S/C33H38N2O5S2/c1-39-30-18-17-25(22-31(30)40-2)19-20-34(23-28-14-9-21-41-28)33(36)24-35(27-12-4-3-5-13-27)42(37,38)32-16-8-11-26-10-6-7-15-29(26)32/h6-11,14-18,21-22,27H,3-5,12-13,19-20,23-24H2,1-2H3. The van der Waals surface area contributed by atoms with E-state index < -0.39 is 10.0 Å². The first-order valence-electron chi connectivity index (χ1n) is 14.4. The second-order valence-corrected chi connectivity index (χ2v) is 13.5. The number of amides is 1. The molecule has 7 nitrogen and oxygen atoms in total. The molecule has 0 unspecified atom stereocenters. The number of hydrogen-bond acceptors (Lipinski definition) is 6. The number of hydrogen-bond donors (Lipinski definition) is 0. The van der Waals surface area contributed by atoms with Crippen molar-refractivity contribution < 1.29 is 22.7 Å². The molecule has 1 aliphatic carbocycles. The van der Waals surface area contributed by atoms with E-state index in [0.29, 0.717) is 36.4 Å². The van der Waals surface area contributed by atoms with Gasteiger partial charge in [0.25, 0.3) is 0 Å². The predicted molar refractivity (Wildman–Crippen MR) is 168 cm³/mol. The zero-order valence-corrected chi connectivity index (χ0v) is 25.8. The van der Waals surface area contributed by atoms with Crippen LogP contribution in [0.3, 0.4) is 0 Å². The molecule has 0 bridgehead atoms. The van der Waals surface area contributed by atoms with Crippen LogP contribution >= 0.6 is 11.3 Å². The van der Waals surface area contributed by atoms with Crippen molar-refractivity contribution in [3.8, 4) is 11.5 Å². The van der Waals surface area contributed by atoms with E-state index in [2.05, 4.69) is 0 Å². The van der Waals surface area contributed by atoms with Crippen LogP contribution in [0.4, 0.5) is 0 Å². The fourth-order valence-electron chi connectivity index (χ4n) is 5.74. The van der Waals surface area contributed by atoms with Gasteiger partial charge in [0.2, 0.25) is 15.9 Å². The molecular weight excluding hydrogens is 569 g/mol. The summed E-state index contributed by atoms with van der Waals surface area (Å²) in [6.45, 7) is 0.684. The average molecular weight is 607 g/mol. The fraction of sp³-hybridized carbons (Fsp3) is 0.364. The van der Waals surface area contributed by atoms with Gasteiger partial charge in [0, 0.05) is 22.8 Å². The number of methoxy groups -OCH3 is 2. The van der Waals surface area contributed by atoms with Gasteiger partial charge in [-0.2, -0.15) is 4.31 Å². The predicted octanol–water partition coefficient (Wildman–Crippen LogP) is 6.51. The maximum Gasteiger partial charge on any atom is 0.244 e. The summed E-state index contributed by atoms with van der Waals surface area (Å²) in [7, 11) is -0.742. The first-order chi connectivity index (χ1) is 20.4. The Morgan fingerprint density at radius 3 is 2.40 bits per heavy atom. The lowest BCUT2D eigenvalue weighted by Crippen LogP contribution is -2.48. The van der Waals surface area contributed by atoms with Gasteiger partial charge in [-0.15, -0.1) is 11.3 Å². The van der Waals surface area contributed by atoms with Crippen molar-refractivity contribution in [3.05, 3.63) is 88.6 Å². The number of benzene rings is 3. The molecule has 1 amide bonds. The third-order valence-electron chi connectivity index (χ3n) is 8.01. The van der Waals surface area contributed by atoms with E-state index in [4.69, 9.17) is 9.47 Å². The van der Waals surface area contributed by atoms with E-state index in [0.717, 1.165) is 47.9 Å². The molecule has 0 aliphatic heterocycles. The molecule has 0 saturated heterocycles. The van der Waals surface area contributed by atoms with E-state index in [1.165, 1.54) is 4.31 Å². The van der Waals surface area contributed by atoms with Crippen LogP contribution < -0.4 is 9.47 Å². The Labute approximate surface area is 252 Å². The number of carbonyl (C=O) groups is 1. The third kappa shape index (κ3) is 6.80. The van der Waals surface area contributed by atoms with Crippen LogP contribution in [0.5, 0.6) is 11.5 Å². The SMILES string of the molecule is COc1ccc(CCN(Cc2cccs2)C(=O)CN(C2CCCCC2)S(=O)(=O)c2cccc3ccccc23)cc1OC. The minimum absolute atomic E-state index is 0.187. The first-order valence-corrected chi connectivity index (χ1v) is 16.7. The molecule has 1 heterocycles. The molecule has 1 aliphatic rings. The van der Waals surface area contributed by atoms with Crippen LogP contribution in [0.25, 0.3) is 10.8 Å². The minimum Gasteiger partial charge on any atom is -0.493 e. The highest BCUT2D eigenvalue weighted by Crippen LogP contribution is 2.32. The minimum atomic E-state index is -3.94. The average Bonchev–Trinajstić information content (AvgIpc) is 3.55. The number of sulfonamides is 1. The number of nitrogens with zero attached hydrogens (tertiary/aromatic N) is 2. The number of rotatable bonds is 12. The molecule has 222 valence electrons. The first kappa shape index (κ1) is 30.1. The summed E-state index contributed by atoms with van der Waals surface area (Å²) in [5, 5.41) is 3.53. The smallest absolute Gasteiger partial charge is 0.244 e. The van der Waals surface area contributed by atoms with Gasteiger partial charge < -0.3 is 14.4 Å². The molecule has 5 rings (SSSR count). The van der Waals surface area contributed by atoms with Gasteiger partial charge in [0.15, 0.2) is 11.5 Å². The van der Waals surface area contributed by atoms with Crippen molar-refractivity contribution in [1.29, 1.82) is 0 Å². The van der Waals surface area contributed by atoms with E-state index in [-0.39, 0.29) is 23.4 Å². The summed E-state index contributed by atoms with van der Waals surface area (Å²) in [4.78, 5) is 17.2. The van der Waals surface area contributed by atoms with Crippen molar-refractivity contribution in [1.82, 2.24) is 9.21 Å². The molecule has 0 atom stereocenters. The molecule has 9 heteroatoms. The Kier molecular flexibility index (Phi) is 9.82. The quantitative estimate of drug-likeness (QED) is 0.184. The summed E-state index contributed by atoms with van der Waals surface area (Å²) in [6, 6.07) is 22.4. The molecule has 4 aromatic rings. The second-order valence-electron chi connectivity index (χ2n) is 10.7. The Balaban J connectivity index is 1.44. The number of fused-ring (bicyclic) bond motifs is 1. The van der Waals surface area contributed by atoms with Crippen LogP contribution in [0.2, 0.25) is 0 Å². The lowest BCUT2D eigenvalue weighted by Gasteiger charge is -2.34. The second kappa shape index (κ2) is 13.7. The largest absolute Gasteiger partial charge is 0.493 e. The molecule has 1 aromatic heterocycles. The summed E-state index contributed by atoms with van der Waals surface area (Å²) < 4.78 is 41.1. The molecular formula is C33H38N2O5S2. The van der Waals surface area contributed by atoms with Crippen molar-refractivity contribution in [3.63, 3.8) is 0 Å². The van der Waals surface area contributed by atoms with Crippen LogP contribution in [0.1, 0.15) is 42.5 Å². The molecule has 1 saturated carbocycles. The molecule has 3 aromatic carbocycles. The Hall–Kier alpha value is -3.40. The third-order valence-corrected chi connectivity index (χ3v) is 10.8. The van der Waals surface area contributed by atoms with E-state index in [1.54, 1.807) is 42.6 Å². The van der Waals surface area contributed by atoms with Gasteiger partial charge in [0.1, 0.15) is 0 Å². The zero-order valence-electron chi connectivity index (χ0n) is 24.2. The molecule has 0 radical (unpaired) electrons. The molecule has 1 fully saturated rings. The van der Waals surface area contributed by atoms with Crippen LogP contribution in [-0.2, 0) is 27.8 Å². The van der Waals surface area contributed by atoms with Crippen LogP contribution in [-0.4, -0.2) is 56.9 Å². The number of ether oxygens (including phenoxy) is 2. The summed E-state index contributed by atoms with van der Waals surface area (Å²) in [6.07, 6.45) is 5.11. The van der Waals surface area contributed by atoms with Gasteiger partial charge in [-0.25, -0.2) is 8.42 Å². The summed E-state index contributed by atoms with van der Waals surface area (Å²) in [5.74, 6) is 1.09. The zero-order chi connectivity index (χ0) is 29.5. The fourth-order valence-corrected chi connectivity index (χ4v) is 8.31. The van der Waals surface area contributed by atoms with Crippen molar-refractivity contribution in [2.24, 2.45) is 0 Å². The normalized spacial score (nSPS) is 14.3. The molecule has 0 spiro atoms. The van der Waals surface area contributed by atoms with Gasteiger partial charge in [-0.1, -0.05) is 67.8 Å². The monoisotopic (exact) mass is 606 g/mol. The van der Waals surface area contributed by atoms with Crippen LogP contribution in [0.15, 0.2) is 83.1 Å². The highest BCUT2D eigenvalue weighted by Gasteiger charge is 2.36. The Morgan fingerprint density at radius 2 is 1.67 bits per heavy atom. The maximum atomic E-state index is 14.4. The lowest BCUT2D eigenvalue weighted by molar-refractivity contribution is -0.132. The maximum absolute atomic E-state index is 14.4. The highest BCUT2D eigenvalue weighted by molar-refractivity contribution is 7.89. The van der Waals surface area contributed by atoms with Crippen molar-refractivity contribution >= 4 is 38.0 Å².